The van der Waals surface area contributed by atoms with Crippen molar-refractivity contribution >= 4 is 35.3 Å². The molecule has 0 amide bonds. The molecule has 1 fully saturated rings. The van der Waals surface area contributed by atoms with E-state index in [1.165, 1.54) is 5.75 Å². The summed E-state index contributed by atoms with van der Waals surface area (Å²) >= 11 is 6.05. The van der Waals surface area contributed by atoms with Crippen molar-refractivity contribution in [1.29, 1.82) is 0 Å². The van der Waals surface area contributed by atoms with Gasteiger partial charge in [0.2, 0.25) is 0 Å². The van der Waals surface area contributed by atoms with Crippen molar-refractivity contribution in [3.8, 4) is 0 Å². The third-order valence-electron chi connectivity index (χ3n) is 1.13. The molecule has 3 heteroatoms. The van der Waals surface area contributed by atoms with Crippen LogP contribution in [0.15, 0.2) is 0 Å². The van der Waals surface area contributed by atoms with Gasteiger partial charge in [-0.1, -0.05) is 0 Å². The molecule has 1 saturated heterocycles. The Morgan fingerprint density at radius 2 is 2.00 bits per heavy atom. The summed E-state index contributed by atoms with van der Waals surface area (Å²) in [5.74, 6) is 1.40. The average Bonchev–Trinajstić information content (AvgIpc) is 2.53. The van der Waals surface area contributed by atoms with Gasteiger partial charge in [-0.2, -0.15) is 11.8 Å². The van der Waals surface area contributed by atoms with Gasteiger partial charge in [0.05, 0.1) is 4.58 Å². The molecule has 0 radical (unpaired) electrons. The highest BCUT2D eigenvalue weighted by atomic mass is 32.2. The van der Waals surface area contributed by atoms with Gasteiger partial charge in [0.1, 0.15) is 0 Å². The zero-order chi connectivity index (χ0) is 5.98. The molecule has 0 bridgehead atoms. The second kappa shape index (κ2) is 3.28. The Morgan fingerprint density at radius 3 is 2.12 bits per heavy atom. The van der Waals surface area contributed by atoms with Crippen LogP contribution in [0.2, 0.25) is 0 Å². The van der Waals surface area contributed by atoms with E-state index in [9.17, 15) is 0 Å². The summed E-state index contributed by atoms with van der Waals surface area (Å²) in [6.45, 7) is 0. The fourth-order valence-corrected chi connectivity index (χ4v) is 4.02. The Morgan fingerprint density at radius 1 is 1.50 bits per heavy atom. The molecule has 0 nitrogen and oxygen atoms in total. The van der Waals surface area contributed by atoms with Crippen LogP contribution < -0.4 is 0 Å². The molecule has 0 saturated carbocycles. The van der Waals surface area contributed by atoms with E-state index in [1.807, 2.05) is 23.5 Å². The van der Waals surface area contributed by atoms with E-state index in [2.05, 4.69) is 24.3 Å². The fourth-order valence-electron chi connectivity index (χ4n) is 0.612. The van der Waals surface area contributed by atoms with Gasteiger partial charge in [-0.25, -0.2) is 0 Å². The average molecular weight is 166 g/mol. The Kier molecular flexibility index (Phi) is 2.93. The molecule has 1 atom stereocenters. The highest BCUT2D eigenvalue weighted by Gasteiger charge is 2.30. The highest BCUT2D eigenvalue weighted by molar-refractivity contribution is 8.19. The van der Waals surface area contributed by atoms with Gasteiger partial charge in [0.25, 0.3) is 0 Å². The van der Waals surface area contributed by atoms with Crippen LogP contribution in [0, 0.1) is 0 Å². The monoisotopic (exact) mass is 166 g/mol. The van der Waals surface area contributed by atoms with Gasteiger partial charge in [-0.15, -0.1) is 23.5 Å². The zero-order valence-corrected chi connectivity index (χ0v) is 7.54. The smallest absolute Gasteiger partial charge is 0.0623 e. The van der Waals surface area contributed by atoms with Crippen LogP contribution in [-0.2, 0) is 0 Å². The van der Waals surface area contributed by atoms with Crippen LogP contribution >= 0.6 is 35.3 Å². The topological polar surface area (TPSA) is 0 Å². The second-order valence-corrected chi connectivity index (χ2v) is 5.24. The Balaban J connectivity index is 2.15. The van der Waals surface area contributed by atoms with Gasteiger partial charge < -0.3 is 0 Å². The van der Waals surface area contributed by atoms with Crippen LogP contribution in [0.1, 0.15) is 0 Å². The third-order valence-corrected chi connectivity index (χ3v) is 5.20. The highest BCUT2D eigenvalue weighted by Crippen LogP contribution is 2.42. The first-order chi connectivity index (χ1) is 3.88. The van der Waals surface area contributed by atoms with E-state index in [0.29, 0.717) is 0 Å². The minimum Gasteiger partial charge on any atom is -0.154 e. The first-order valence-corrected chi connectivity index (χ1v) is 6.18. The molecule has 0 aliphatic carbocycles. The van der Waals surface area contributed by atoms with Gasteiger partial charge in [0, 0.05) is 11.0 Å². The molecule has 0 aromatic carbocycles. The summed E-state index contributed by atoms with van der Waals surface area (Å²) in [5, 5.41) is 0.972. The lowest BCUT2D eigenvalue weighted by Crippen LogP contribution is -2.01. The van der Waals surface area contributed by atoms with Crippen LogP contribution in [0.5, 0.6) is 0 Å². The lowest BCUT2D eigenvalue weighted by atomic mass is 10.6. The Bertz CT molecular complexity index is 66.1. The summed E-state index contributed by atoms with van der Waals surface area (Å²) in [4.78, 5) is 0. The Hall–Kier alpha value is 1.05. The SMILES string of the molecule is CSC(SC)C1CS1. The largest absolute Gasteiger partial charge is 0.154 e. The molecule has 0 aromatic rings. The van der Waals surface area contributed by atoms with E-state index < -0.39 is 0 Å². The molecule has 48 valence electrons. The lowest BCUT2D eigenvalue weighted by Gasteiger charge is -2.05. The van der Waals surface area contributed by atoms with Crippen LogP contribution in [0.25, 0.3) is 0 Å². The number of thioether (sulfide) groups is 3. The molecule has 8 heavy (non-hydrogen) atoms. The molecule has 1 rings (SSSR count). The molecule has 1 unspecified atom stereocenters. The summed E-state index contributed by atoms with van der Waals surface area (Å²) in [5.41, 5.74) is 0. The van der Waals surface area contributed by atoms with Crippen molar-refractivity contribution in [2.75, 3.05) is 18.3 Å². The van der Waals surface area contributed by atoms with Gasteiger partial charge in [-0.3, -0.25) is 0 Å². The van der Waals surface area contributed by atoms with Gasteiger partial charge >= 0.3 is 0 Å². The summed E-state index contributed by atoms with van der Waals surface area (Å²) < 4.78 is 0.861. The van der Waals surface area contributed by atoms with Crippen LogP contribution in [0.3, 0.4) is 0 Å². The first kappa shape index (κ1) is 7.16. The number of hydrogen-bond acceptors (Lipinski definition) is 3. The number of rotatable bonds is 3. The minimum absolute atomic E-state index is 0.861. The number of hydrogen-bond donors (Lipinski definition) is 0. The first-order valence-electron chi connectivity index (χ1n) is 2.55. The van der Waals surface area contributed by atoms with Crippen molar-refractivity contribution in [1.82, 2.24) is 0 Å². The molecular weight excluding hydrogens is 156 g/mol. The standard InChI is InChI=1S/C5H10S3/c1-6-5(7-2)4-3-8-4/h4-5H,3H2,1-2H3. The van der Waals surface area contributed by atoms with E-state index in [0.717, 1.165) is 9.83 Å². The molecule has 1 aliphatic rings. The summed E-state index contributed by atoms with van der Waals surface area (Å²) in [7, 11) is 0. The van der Waals surface area contributed by atoms with Crippen molar-refractivity contribution in [2.45, 2.75) is 9.83 Å². The van der Waals surface area contributed by atoms with Crippen LogP contribution in [-0.4, -0.2) is 28.1 Å². The van der Waals surface area contributed by atoms with Crippen LogP contribution in [0.4, 0.5) is 0 Å². The summed E-state index contributed by atoms with van der Waals surface area (Å²) in [6.07, 6.45) is 4.39. The third kappa shape index (κ3) is 1.78. The normalized spacial score (nSPS) is 26.6. The zero-order valence-electron chi connectivity index (χ0n) is 5.09. The van der Waals surface area contributed by atoms with E-state index >= 15 is 0 Å². The lowest BCUT2D eigenvalue weighted by molar-refractivity contribution is 1.21. The molecule has 1 aliphatic heterocycles. The van der Waals surface area contributed by atoms with Crippen molar-refractivity contribution in [2.24, 2.45) is 0 Å². The van der Waals surface area contributed by atoms with E-state index in [-0.39, 0.29) is 0 Å². The van der Waals surface area contributed by atoms with Crippen molar-refractivity contribution in [3.05, 3.63) is 0 Å². The predicted octanol–water partition coefficient (Wildman–Crippen LogP) is 2.15. The van der Waals surface area contributed by atoms with E-state index in [4.69, 9.17) is 0 Å². The van der Waals surface area contributed by atoms with E-state index in [1.54, 1.807) is 0 Å². The van der Waals surface area contributed by atoms with Crippen molar-refractivity contribution < 1.29 is 0 Å². The molecule has 1 heterocycles. The molecular formula is C5H10S3. The minimum atomic E-state index is 0.861. The molecule has 0 spiro atoms. The van der Waals surface area contributed by atoms with Gasteiger partial charge in [0.15, 0.2) is 0 Å². The molecule has 0 N–H and O–H groups in total. The second-order valence-electron chi connectivity index (χ2n) is 1.71. The predicted molar refractivity (Wildman–Crippen MR) is 47.1 cm³/mol. The maximum Gasteiger partial charge on any atom is 0.0623 e. The molecule has 0 aromatic heterocycles. The quantitative estimate of drug-likeness (QED) is 0.466. The maximum atomic E-state index is 2.19. The Labute approximate surface area is 63.6 Å². The maximum absolute atomic E-state index is 2.19. The van der Waals surface area contributed by atoms with Crippen molar-refractivity contribution in [3.63, 3.8) is 0 Å². The fraction of sp³-hybridized carbons (Fsp3) is 1.00. The summed E-state index contributed by atoms with van der Waals surface area (Å²) in [6, 6.07) is 0. The van der Waals surface area contributed by atoms with Gasteiger partial charge in [-0.05, 0) is 12.5 Å².